The maximum atomic E-state index is 5.01. The minimum absolute atomic E-state index is 0.305. The van der Waals surface area contributed by atoms with Crippen molar-refractivity contribution >= 4 is 12.8 Å². The summed E-state index contributed by atoms with van der Waals surface area (Å²) < 4.78 is 1.22. The van der Waals surface area contributed by atoms with Crippen LogP contribution in [-0.4, -0.2) is 18.2 Å². The molecule has 0 aliphatic carbocycles. The largest absolute Gasteiger partial charge is 0.316 e. The molecule has 3 nitrogen and oxygen atoms in total. The van der Waals surface area contributed by atoms with Crippen LogP contribution in [0.1, 0.15) is 0 Å². The normalized spacial score (nSPS) is 10.0. The second-order valence-corrected chi connectivity index (χ2v) is 1.16. The van der Waals surface area contributed by atoms with Gasteiger partial charge in [0.1, 0.15) is 0 Å². The van der Waals surface area contributed by atoms with E-state index in [1.54, 1.807) is 0 Å². The third-order valence-electron chi connectivity index (χ3n) is 0.367. The van der Waals surface area contributed by atoms with Crippen LogP contribution < -0.4 is 5.73 Å². The molecule has 0 aromatic heterocycles. The van der Waals surface area contributed by atoms with Crippen molar-refractivity contribution < 1.29 is 4.84 Å². The molecule has 0 saturated carbocycles. The first-order valence-electron chi connectivity index (χ1n) is 1.52. The Morgan fingerprint density at radius 3 is 2.50 bits per heavy atom. The Labute approximate surface area is 42.6 Å². The van der Waals surface area contributed by atoms with Crippen LogP contribution in [-0.2, 0) is 4.84 Å². The van der Waals surface area contributed by atoms with Gasteiger partial charge < -0.3 is 5.73 Å². The highest BCUT2D eigenvalue weighted by Crippen LogP contribution is 1.83. The summed E-state index contributed by atoms with van der Waals surface area (Å²) in [5.41, 5.74) is 5.01. The highest BCUT2D eigenvalue weighted by atomic mass is 32.1. The molecule has 0 aliphatic heterocycles. The van der Waals surface area contributed by atoms with Crippen molar-refractivity contribution in [3.63, 3.8) is 0 Å². The van der Waals surface area contributed by atoms with Gasteiger partial charge in [-0.2, -0.15) is 0 Å². The average molecular weight is 108 g/mol. The second-order valence-electron chi connectivity index (χ2n) is 0.717. The van der Waals surface area contributed by atoms with Crippen molar-refractivity contribution in [3.05, 3.63) is 0 Å². The molecule has 0 aliphatic rings. The minimum Gasteiger partial charge on any atom is -0.316 e. The Kier molecular flexibility index (Phi) is 3.55. The van der Waals surface area contributed by atoms with E-state index in [1.165, 1.54) is 11.6 Å². The molecule has 0 unspecified atom stereocenters. The van der Waals surface area contributed by atoms with E-state index >= 15 is 0 Å². The summed E-state index contributed by atoms with van der Waals surface area (Å²) >= 11 is 3.72. The van der Waals surface area contributed by atoms with Gasteiger partial charge in [0.15, 0.2) is 0 Å². The van der Waals surface area contributed by atoms with Crippen molar-refractivity contribution in [3.8, 4) is 0 Å². The molecule has 38 valence electrons. The van der Waals surface area contributed by atoms with Crippen LogP contribution in [0, 0.1) is 0 Å². The first-order valence-corrected chi connectivity index (χ1v) is 1.92. The quantitative estimate of drug-likeness (QED) is 0.287. The third-order valence-corrected chi connectivity index (χ3v) is 0.694. The van der Waals surface area contributed by atoms with E-state index in [9.17, 15) is 0 Å². The Morgan fingerprint density at radius 2 is 2.50 bits per heavy atom. The van der Waals surface area contributed by atoms with Crippen LogP contribution in [0.3, 0.4) is 0 Å². The fraction of sp³-hybridized carbons (Fsp3) is 1.00. The third kappa shape index (κ3) is 2.47. The van der Waals surface area contributed by atoms with Crippen LogP contribution in [0.5, 0.6) is 0 Å². The van der Waals surface area contributed by atoms with Crippen LogP contribution in [0.4, 0.5) is 0 Å². The maximum Gasteiger partial charge on any atom is 0.0821 e. The molecule has 0 amide bonds. The summed E-state index contributed by atoms with van der Waals surface area (Å²) in [7, 11) is 1.50. The van der Waals surface area contributed by atoms with Crippen molar-refractivity contribution in [1.82, 2.24) is 4.47 Å². The number of nitrogens with two attached hydrogens (primary N) is 1. The highest BCUT2D eigenvalue weighted by molar-refractivity contribution is 7.77. The minimum atomic E-state index is 0.305. The summed E-state index contributed by atoms with van der Waals surface area (Å²) in [5.74, 6) is 0. The predicted molar refractivity (Wildman–Crippen MR) is 26.9 cm³/mol. The van der Waals surface area contributed by atoms with E-state index < -0.39 is 0 Å². The van der Waals surface area contributed by atoms with Crippen molar-refractivity contribution in [2.24, 2.45) is 5.73 Å². The van der Waals surface area contributed by atoms with Gasteiger partial charge in [0.2, 0.25) is 0 Å². The average Bonchev–Trinajstić information content (AvgIpc) is 1.65. The van der Waals surface area contributed by atoms with Crippen LogP contribution in [0.25, 0.3) is 0 Å². The highest BCUT2D eigenvalue weighted by Gasteiger charge is 1.83. The van der Waals surface area contributed by atoms with Crippen molar-refractivity contribution in [1.29, 1.82) is 0 Å². The van der Waals surface area contributed by atoms with Gasteiger partial charge >= 0.3 is 0 Å². The molecule has 0 rings (SSSR count). The summed E-state index contributed by atoms with van der Waals surface area (Å²) in [6, 6.07) is 0. The summed E-state index contributed by atoms with van der Waals surface area (Å²) in [5, 5.41) is 0. The van der Waals surface area contributed by atoms with Crippen LogP contribution in [0.15, 0.2) is 0 Å². The van der Waals surface area contributed by atoms with Gasteiger partial charge in [0.05, 0.1) is 13.8 Å². The molecule has 4 heteroatoms. The van der Waals surface area contributed by atoms with Crippen molar-refractivity contribution in [2.45, 2.75) is 0 Å². The summed E-state index contributed by atoms with van der Waals surface area (Å²) in [6.45, 7) is 0.305. The van der Waals surface area contributed by atoms with Gasteiger partial charge in [0.25, 0.3) is 0 Å². The molecule has 0 bridgehead atoms. The van der Waals surface area contributed by atoms with Gasteiger partial charge in [0, 0.05) is 0 Å². The van der Waals surface area contributed by atoms with E-state index in [4.69, 9.17) is 5.73 Å². The topological polar surface area (TPSA) is 38.5 Å². The molecule has 2 N–H and O–H groups in total. The van der Waals surface area contributed by atoms with Crippen molar-refractivity contribution in [2.75, 3.05) is 13.8 Å². The molecule has 0 atom stereocenters. The fourth-order valence-corrected chi connectivity index (χ4v) is 0.0745. The Morgan fingerprint density at radius 1 is 2.00 bits per heavy atom. The lowest BCUT2D eigenvalue weighted by atomic mass is 11.2. The smallest absolute Gasteiger partial charge is 0.0821 e. The van der Waals surface area contributed by atoms with Crippen LogP contribution in [0.2, 0.25) is 0 Å². The van der Waals surface area contributed by atoms with Gasteiger partial charge in [-0.3, -0.25) is 4.84 Å². The number of hydroxylamine groups is 1. The zero-order chi connectivity index (χ0) is 4.99. The molecular formula is C2H8N2OS. The van der Waals surface area contributed by atoms with E-state index in [1.807, 2.05) is 0 Å². The maximum absolute atomic E-state index is 5.01. The van der Waals surface area contributed by atoms with Gasteiger partial charge in [-0.15, -0.1) is 4.47 Å². The zero-order valence-electron chi connectivity index (χ0n) is 3.59. The lowest BCUT2D eigenvalue weighted by Crippen LogP contribution is -2.18. The standard InChI is InChI=1S/C2H8N2OS/c1-5-4(6)2-3/h6H,2-3H2,1H3. The summed E-state index contributed by atoms with van der Waals surface area (Å²) in [4.78, 5) is 4.47. The number of rotatable bonds is 2. The Bertz CT molecular complexity index is 30.7. The monoisotopic (exact) mass is 108 g/mol. The zero-order valence-corrected chi connectivity index (χ0v) is 4.48. The Hall–Kier alpha value is 0.230. The van der Waals surface area contributed by atoms with Crippen LogP contribution >= 0.6 is 12.8 Å². The molecule has 0 aromatic carbocycles. The molecule has 0 spiro atoms. The molecule has 0 aromatic rings. The number of hydrogen-bond acceptors (Lipinski definition) is 4. The van der Waals surface area contributed by atoms with Gasteiger partial charge in [-0.05, 0) is 0 Å². The lowest BCUT2D eigenvalue weighted by molar-refractivity contribution is -0.0330. The molecule has 0 radical (unpaired) electrons. The number of nitrogens with zero attached hydrogens (tertiary/aromatic N) is 1. The number of thiol groups is 1. The molecular weight excluding hydrogens is 100 g/mol. The van der Waals surface area contributed by atoms with E-state index in [0.717, 1.165) is 0 Å². The van der Waals surface area contributed by atoms with E-state index in [0.29, 0.717) is 6.67 Å². The number of hydrogen-bond donors (Lipinski definition) is 2. The van der Waals surface area contributed by atoms with E-state index in [-0.39, 0.29) is 0 Å². The predicted octanol–water partition coefficient (Wildman–Crippen LogP) is -0.389. The van der Waals surface area contributed by atoms with Gasteiger partial charge in [-0.1, -0.05) is 12.8 Å². The van der Waals surface area contributed by atoms with Gasteiger partial charge in [-0.25, -0.2) is 0 Å². The SMILES string of the molecule is CON(S)CN. The first kappa shape index (κ1) is 6.23. The fourth-order valence-electron chi connectivity index (χ4n) is 0.0745. The summed E-state index contributed by atoms with van der Waals surface area (Å²) in [6.07, 6.45) is 0. The second kappa shape index (κ2) is 3.42. The Balaban J connectivity index is 2.75. The molecule has 6 heavy (non-hydrogen) atoms. The lowest BCUT2D eigenvalue weighted by Gasteiger charge is -2.05. The molecule has 0 fully saturated rings. The molecule has 0 saturated heterocycles. The molecule has 0 heterocycles. The first-order chi connectivity index (χ1) is 2.81. The van der Waals surface area contributed by atoms with E-state index in [2.05, 4.69) is 17.7 Å².